The van der Waals surface area contributed by atoms with Crippen LogP contribution in [0.5, 0.6) is 0 Å². The monoisotopic (exact) mass is 260 g/mol. The molecule has 0 aromatic heterocycles. The van der Waals surface area contributed by atoms with E-state index in [1.807, 2.05) is 24.3 Å². The van der Waals surface area contributed by atoms with Gasteiger partial charge in [-0.1, -0.05) is 30.7 Å². The van der Waals surface area contributed by atoms with Crippen LogP contribution in [-0.4, -0.2) is 29.7 Å². The van der Waals surface area contributed by atoms with E-state index in [0.29, 0.717) is 6.42 Å². The zero-order chi connectivity index (χ0) is 13.2. The number of fused-ring (bicyclic) bond motifs is 1. The van der Waals surface area contributed by atoms with E-state index in [4.69, 9.17) is 0 Å². The molecule has 3 atom stereocenters. The van der Waals surface area contributed by atoms with E-state index in [9.17, 15) is 9.90 Å². The van der Waals surface area contributed by atoms with Gasteiger partial charge in [-0.05, 0) is 30.5 Å². The van der Waals surface area contributed by atoms with Crippen LogP contribution in [0.1, 0.15) is 36.4 Å². The second-order valence-electron chi connectivity index (χ2n) is 5.46. The Kier molecular flexibility index (Phi) is 3.53. The summed E-state index contributed by atoms with van der Waals surface area (Å²) in [6, 6.07) is 7.57. The van der Waals surface area contributed by atoms with Crippen LogP contribution in [0.15, 0.2) is 24.3 Å². The minimum absolute atomic E-state index is 0.0143. The molecule has 2 aliphatic rings. The smallest absolute Gasteiger partial charge is 0.237 e. The fourth-order valence-corrected chi connectivity index (χ4v) is 3.08. The molecule has 1 aliphatic heterocycles. The van der Waals surface area contributed by atoms with Crippen LogP contribution in [0, 0.1) is 0 Å². The van der Waals surface area contributed by atoms with Crippen LogP contribution < -0.4 is 10.6 Å². The van der Waals surface area contributed by atoms with E-state index in [-0.39, 0.29) is 18.0 Å². The molecular weight excluding hydrogens is 240 g/mol. The molecule has 1 saturated heterocycles. The van der Waals surface area contributed by atoms with Gasteiger partial charge in [-0.15, -0.1) is 0 Å². The number of hydrogen-bond acceptors (Lipinski definition) is 3. The zero-order valence-electron chi connectivity index (χ0n) is 10.9. The van der Waals surface area contributed by atoms with Gasteiger partial charge in [0.1, 0.15) is 0 Å². The Morgan fingerprint density at radius 1 is 1.32 bits per heavy atom. The number of carbonyl (C=O) groups excluding carboxylic acids is 1. The van der Waals surface area contributed by atoms with Crippen molar-refractivity contribution in [2.45, 2.75) is 43.9 Å². The topological polar surface area (TPSA) is 61.4 Å². The minimum Gasteiger partial charge on any atom is -0.390 e. The van der Waals surface area contributed by atoms with Crippen molar-refractivity contribution in [3.8, 4) is 0 Å². The second kappa shape index (κ2) is 5.31. The van der Waals surface area contributed by atoms with Crippen LogP contribution in [0.4, 0.5) is 0 Å². The Morgan fingerprint density at radius 3 is 2.95 bits per heavy atom. The highest BCUT2D eigenvalue weighted by molar-refractivity contribution is 5.82. The van der Waals surface area contributed by atoms with Crippen molar-refractivity contribution in [3.05, 3.63) is 35.4 Å². The third-order valence-electron chi connectivity index (χ3n) is 4.13. The Morgan fingerprint density at radius 2 is 2.16 bits per heavy atom. The molecule has 3 rings (SSSR count). The van der Waals surface area contributed by atoms with Gasteiger partial charge in [-0.2, -0.15) is 0 Å². The Bertz CT molecular complexity index is 469. The number of hydrogen-bond donors (Lipinski definition) is 3. The molecule has 4 nitrogen and oxygen atoms in total. The van der Waals surface area contributed by atoms with Crippen LogP contribution in [0.3, 0.4) is 0 Å². The maximum absolute atomic E-state index is 12.2. The van der Waals surface area contributed by atoms with Gasteiger partial charge in [0.25, 0.3) is 0 Å². The number of carbonyl (C=O) groups is 1. The van der Waals surface area contributed by atoms with E-state index in [0.717, 1.165) is 36.9 Å². The standard InChI is InChI=1S/C15H20N2O2/c18-13-9-10-5-1-2-6-11(10)14(13)17-15(19)12-7-3-4-8-16-12/h1-2,5-6,12-14,16,18H,3-4,7-9H2,(H,17,19)/t12-,13-,14+/m0/s1. The van der Waals surface area contributed by atoms with Crippen molar-refractivity contribution >= 4 is 5.91 Å². The lowest BCUT2D eigenvalue weighted by molar-refractivity contribution is -0.125. The zero-order valence-corrected chi connectivity index (χ0v) is 10.9. The van der Waals surface area contributed by atoms with Crippen molar-refractivity contribution in [2.75, 3.05) is 6.54 Å². The van der Waals surface area contributed by atoms with E-state index >= 15 is 0 Å². The summed E-state index contributed by atoms with van der Waals surface area (Å²) in [5, 5.41) is 16.4. The van der Waals surface area contributed by atoms with Crippen LogP contribution in [0.2, 0.25) is 0 Å². The summed E-state index contributed by atoms with van der Waals surface area (Å²) in [4.78, 5) is 12.2. The van der Waals surface area contributed by atoms with Crippen molar-refractivity contribution < 1.29 is 9.90 Å². The van der Waals surface area contributed by atoms with E-state index < -0.39 is 6.10 Å². The molecule has 0 saturated carbocycles. The molecule has 1 fully saturated rings. The number of rotatable bonds is 2. The lowest BCUT2D eigenvalue weighted by Gasteiger charge is -2.26. The average molecular weight is 260 g/mol. The van der Waals surface area contributed by atoms with E-state index in [1.165, 1.54) is 0 Å². The quantitative estimate of drug-likeness (QED) is 0.740. The molecule has 1 amide bonds. The van der Waals surface area contributed by atoms with Crippen LogP contribution in [-0.2, 0) is 11.2 Å². The van der Waals surface area contributed by atoms with Crippen molar-refractivity contribution in [1.29, 1.82) is 0 Å². The summed E-state index contributed by atoms with van der Waals surface area (Å²) in [7, 11) is 0. The predicted octanol–water partition coefficient (Wildman–Crippen LogP) is 0.903. The second-order valence-corrected chi connectivity index (χ2v) is 5.46. The molecular formula is C15H20N2O2. The largest absolute Gasteiger partial charge is 0.390 e. The van der Waals surface area contributed by atoms with Gasteiger partial charge in [0.2, 0.25) is 5.91 Å². The number of aliphatic hydroxyl groups is 1. The molecule has 1 heterocycles. The van der Waals surface area contributed by atoms with Gasteiger partial charge in [-0.25, -0.2) is 0 Å². The van der Waals surface area contributed by atoms with Crippen molar-refractivity contribution in [1.82, 2.24) is 10.6 Å². The highest BCUT2D eigenvalue weighted by Gasteiger charge is 2.33. The normalized spacial score (nSPS) is 29.8. The van der Waals surface area contributed by atoms with Gasteiger partial charge in [0.15, 0.2) is 0 Å². The molecule has 0 radical (unpaired) electrons. The highest BCUT2D eigenvalue weighted by Crippen LogP contribution is 2.31. The number of amides is 1. The number of nitrogens with one attached hydrogen (secondary N) is 2. The van der Waals surface area contributed by atoms with E-state index in [2.05, 4.69) is 10.6 Å². The minimum atomic E-state index is -0.509. The first-order valence-electron chi connectivity index (χ1n) is 7.05. The summed E-state index contributed by atoms with van der Waals surface area (Å²) in [5.74, 6) is 0.0143. The summed E-state index contributed by atoms with van der Waals surface area (Å²) < 4.78 is 0. The lowest BCUT2D eigenvalue weighted by atomic mass is 10.0. The summed E-state index contributed by atoms with van der Waals surface area (Å²) in [5.41, 5.74) is 2.19. The predicted molar refractivity (Wildman–Crippen MR) is 72.7 cm³/mol. The van der Waals surface area contributed by atoms with Gasteiger partial charge < -0.3 is 15.7 Å². The molecule has 3 N–H and O–H groups in total. The van der Waals surface area contributed by atoms with Crippen LogP contribution >= 0.6 is 0 Å². The lowest BCUT2D eigenvalue weighted by Crippen LogP contribution is -2.48. The van der Waals surface area contributed by atoms with Gasteiger partial charge in [0.05, 0.1) is 18.2 Å². The van der Waals surface area contributed by atoms with Gasteiger partial charge >= 0.3 is 0 Å². The fraction of sp³-hybridized carbons (Fsp3) is 0.533. The third-order valence-corrected chi connectivity index (χ3v) is 4.13. The fourth-order valence-electron chi connectivity index (χ4n) is 3.08. The summed E-state index contributed by atoms with van der Waals surface area (Å²) in [6.45, 7) is 0.905. The van der Waals surface area contributed by atoms with Crippen LogP contribution in [0.25, 0.3) is 0 Å². The number of benzene rings is 1. The first-order valence-corrected chi connectivity index (χ1v) is 7.05. The summed E-state index contributed by atoms with van der Waals surface area (Å²) in [6.07, 6.45) is 3.23. The maximum Gasteiger partial charge on any atom is 0.237 e. The first-order chi connectivity index (χ1) is 9.25. The van der Waals surface area contributed by atoms with E-state index in [1.54, 1.807) is 0 Å². The van der Waals surface area contributed by atoms with Crippen molar-refractivity contribution in [3.63, 3.8) is 0 Å². The number of aliphatic hydroxyl groups excluding tert-OH is 1. The molecule has 1 aromatic rings. The van der Waals surface area contributed by atoms with Gasteiger partial charge in [0, 0.05) is 6.42 Å². The first kappa shape index (κ1) is 12.6. The Hall–Kier alpha value is -1.39. The Balaban J connectivity index is 1.71. The molecule has 4 heteroatoms. The third kappa shape index (κ3) is 2.51. The summed E-state index contributed by atoms with van der Waals surface area (Å²) >= 11 is 0. The number of piperidine rings is 1. The molecule has 0 spiro atoms. The molecule has 0 unspecified atom stereocenters. The molecule has 1 aromatic carbocycles. The average Bonchev–Trinajstić information content (AvgIpc) is 2.76. The molecule has 0 bridgehead atoms. The molecule has 102 valence electrons. The Labute approximate surface area is 113 Å². The van der Waals surface area contributed by atoms with Crippen molar-refractivity contribution in [2.24, 2.45) is 0 Å². The highest BCUT2D eigenvalue weighted by atomic mass is 16.3. The maximum atomic E-state index is 12.2. The SMILES string of the molecule is O=C(N[C@@H]1c2ccccc2C[C@@H]1O)[C@@H]1CCCCN1. The van der Waals surface area contributed by atoms with Gasteiger partial charge in [-0.3, -0.25) is 4.79 Å². The molecule has 19 heavy (non-hydrogen) atoms. The molecule has 1 aliphatic carbocycles.